The summed E-state index contributed by atoms with van der Waals surface area (Å²) in [6.45, 7) is 5.44. The molecule has 0 spiro atoms. The van der Waals surface area contributed by atoms with E-state index in [1.165, 1.54) is 26.4 Å². The number of methoxy groups -OCH3 is 1. The van der Waals surface area contributed by atoms with Crippen LogP contribution in [0.15, 0.2) is 70.2 Å². The third-order valence-electron chi connectivity index (χ3n) is 7.66. The third kappa shape index (κ3) is 9.11. The van der Waals surface area contributed by atoms with E-state index in [0.29, 0.717) is 26.1 Å². The third-order valence-corrected chi connectivity index (χ3v) is 10.1. The molecule has 1 aromatic heterocycles. The number of aromatic nitrogens is 2. The van der Waals surface area contributed by atoms with Crippen molar-refractivity contribution in [1.29, 1.82) is 0 Å². The molecule has 6 rings (SSSR count). The number of para-hydroxylation sites is 1. The second-order valence-corrected chi connectivity index (χ2v) is 13.8. The number of nitrogens with zero attached hydrogens (tertiary/aromatic N) is 3. The summed E-state index contributed by atoms with van der Waals surface area (Å²) in [5.41, 5.74) is 1.62. The standard InChI is InChI=1S/C28H32BrN5O5S.C3H6.C2H6/c1-39-27(36)13-10-19-8-11-21(12-9-19)40(37,38)33-14-4-5-20(18-33)16-30-26-15-24(22-6-2-3-7-25(22)35)32-28-23(29)17-31-34(26)28;1-2-3-1;1-2/h2-3,6-9,11-12,15,17,20,24,30,32,35H,4-5,10,13-14,16,18H2,1H3;1-3H2;1-2H3. The molecule has 12 heteroatoms. The Hall–Kier alpha value is -3.35. The molecule has 244 valence electrons. The predicted octanol–water partition coefficient (Wildman–Crippen LogP) is 6.31. The lowest BCUT2D eigenvalue weighted by atomic mass is 9.99. The van der Waals surface area contributed by atoms with E-state index in [1.807, 2.05) is 32.1 Å². The van der Waals surface area contributed by atoms with Crippen molar-refractivity contribution in [3.63, 3.8) is 0 Å². The number of fused-ring (bicyclic) bond motifs is 1. The Bertz CT molecular complexity index is 1550. The predicted molar refractivity (Wildman–Crippen MR) is 180 cm³/mol. The number of rotatable bonds is 9. The average Bonchev–Trinajstić information content (AvgIpc) is 3.92. The lowest BCUT2D eigenvalue weighted by Crippen LogP contribution is -2.43. The number of piperidine rings is 1. The number of aromatic hydroxyl groups is 1. The van der Waals surface area contributed by atoms with Crippen LogP contribution in [0.2, 0.25) is 0 Å². The van der Waals surface area contributed by atoms with Crippen molar-refractivity contribution < 1.29 is 23.1 Å². The van der Waals surface area contributed by atoms with Crippen LogP contribution in [0, 0.1) is 5.92 Å². The summed E-state index contributed by atoms with van der Waals surface area (Å²) in [7, 11) is -2.30. The van der Waals surface area contributed by atoms with Crippen LogP contribution in [0.1, 0.15) is 69.5 Å². The zero-order valence-electron chi connectivity index (χ0n) is 26.2. The maximum absolute atomic E-state index is 13.4. The molecule has 3 heterocycles. The number of halogens is 1. The van der Waals surface area contributed by atoms with Crippen LogP contribution < -0.4 is 10.6 Å². The number of nitrogens with one attached hydrogen (secondary N) is 2. The molecule has 1 aliphatic carbocycles. The number of benzene rings is 2. The topological polar surface area (TPSA) is 126 Å². The summed E-state index contributed by atoms with van der Waals surface area (Å²) >= 11 is 3.54. The number of carbonyl (C=O) groups is 1. The molecule has 1 saturated heterocycles. The first-order valence-corrected chi connectivity index (χ1v) is 17.9. The first kappa shape index (κ1) is 34.5. The molecule has 2 fully saturated rings. The molecule has 3 aliphatic rings. The van der Waals surface area contributed by atoms with E-state index in [2.05, 4.69) is 36.4 Å². The number of phenolic OH excluding ortho intramolecular Hbond substituents is 1. The summed E-state index contributed by atoms with van der Waals surface area (Å²) in [6, 6.07) is 13.6. The highest BCUT2D eigenvalue weighted by Gasteiger charge is 2.31. The number of sulfonamides is 1. The Labute approximate surface area is 275 Å². The molecule has 3 aromatic rings. The van der Waals surface area contributed by atoms with Gasteiger partial charge in [-0.2, -0.15) is 9.40 Å². The number of anilines is 1. The SMILES string of the molecule is C1CC1.CC.COC(=O)CCc1ccc(S(=O)(=O)N2CCCC(CNC3=CC(c4ccccc4O)Nc4c(Br)cnn43)C2)cc1. The fourth-order valence-corrected chi connectivity index (χ4v) is 7.03. The summed E-state index contributed by atoms with van der Waals surface area (Å²) in [5.74, 6) is 1.53. The number of phenols is 1. The Morgan fingerprint density at radius 2 is 1.82 bits per heavy atom. The molecule has 2 aliphatic heterocycles. The molecule has 45 heavy (non-hydrogen) atoms. The molecule has 1 saturated carbocycles. The minimum Gasteiger partial charge on any atom is -0.508 e. The van der Waals surface area contributed by atoms with E-state index >= 15 is 0 Å². The fourth-order valence-electron chi connectivity index (χ4n) is 5.10. The Kier molecular flexibility index (Phi) is 12.5. The Morgan fingerprint density at radius 1 is 1.11 bits per heavy atom. The molecule has 0 bridgehead atoms. The molecule has 10 nitrogen and oxygen atoms in total. The van der Waals surface area contributed by atoms with Crippen molar-refractivity contribution >= 4 is 43.6 Å². The largest absolute Gasteiger partial charge is 0.508 e. The number of ether oxygens (including phenoxy) is 1. The van der Waals surface area contributed by atoms with Crippen molar-refractivity contribution in [2.45, 2.75) is 69.7 Å². The zero-order valence-corrected chi connectivity index (χ0v) is 28.6. The van der Waals surface area contributed by atoms with Crippen molar-refractivity contribution in [2.75, 3.05) is 32.1 Å². The van der Waals surface area contributed by atoms with Gasteiger partial charge in [0.25, 0.3) is 0 Å². The number of hydrogen-bond acceptors (Lipinski definition) is 8. The first-order valence-electron chi connectivity index (χ1n) is 15.7. The van der Waals surface area contributed by atoms with Gasteiger partial charge in [-0.1, -0.05) is 63.4 Å². The van der Waals surface area contributed by atoms with E-state index in [0.717, 1.165) is 40.1 Å². The number of esters is 1. The van der Waals surface area contributed by atoms with Gasteiger partial charge in [-0.25, -0.2) is 13.1 Å². The van der Waals surface area contributed by atoms with Crippen molar-refractivity contribution in [3.8, 4) is 5.75 Å². The van der Waals surface area contributed by atoms with Gasteiger partial charge in [0, 0.05) is 31.6 Å². The molecule has 0 amide bonds. The van der Waals surface area contributed by atoms with E-state index in [1.54, 1.807) is 51.6 Å². The van der Waals surface area contributed by atoms with Crippen LogP contribution in [0.25, 0.3) is 5.82 Å². The summed E-state index contributed by atoms with van der Waals surface area (Å²) < 4.78 is 35.7. The number of carbonyl (C=O) groups excluding carboxylic acids is 1. The minimum absolute atomic E-state index is 0.102. The first-order chi connectivity index (χ1) is 21.8. The van der Waals surface area contributed by atoms with Crippen LogP contribution in [-0.4, -0.2) is 60.3 Å². The average molecular weight is 703 g/mol. The van der Waals surface area contributed by atoms with Gasteiger partial charge in [0.15, 0.2) is 0 Å². The number of hydrogen-bond donors (Lipinski definition) is 3. The maximum Gasteiger partial charge on any atom is 0.305 e. The van der Waals surface area contributed by atoms with Crippen LogP contribution in [-0.2, 0) is 26.0 Å². The molecular weight excluding hydrogens is 658 g/mol. The second kappa shape index (κ2) is 16.3. The molecule has 2 unspecified atom stereocenters. The molecule has 3 N–H and O–H groups in total. The quantitative estimate of drug-likeness (QED) is 0.222. The van der Waals surface area contributed by atoms with E-state index in [9.17, 15) is 18.3 Å². The van der Waals surface area contributed by atoms with Gasteiger partial charge < -0.3 is 20.5 Å². The maximum atomic E-state index is 13.4. The van der Waals surface area contributed by atoms with Gasteiger partial charge in [0.1, 0.15) is 17.4 Å². The van der Waals surface area contributed by atoms with Gasteiger partial charge in [-0.05, 0) is 70.9 Å². The highest BCUT2D eigenvalue weighted by atomic mass is 79.9. The fraction of sp³-hybridized carbons (Fsp3) is 0.455. The lowest BCUT2D eigenvalue weighted by Gasteiger charge is -2.33. The van der Waals surface area contributed by atoms with Crippen LogP contribution in [0.4, 0.5) is 5.82 Å². The van der Waals surface area contributed by atoms with Crippen LogP contribution >= 0.6 is 15.9 Å². The van der Waals surface area contributed by atoms with Gasteiger partial charge in [-0.3, -0.25) is 4.79 Å². The second-order valence-electron chi connectivity index (χ2n) is 11.0. The van der Waals surface area contributed by atoms with Crippen molar-refractivity contribution in [2.24, 2.45) is 5.92 Å². The van der Waals surface area contributed by atoms with E-state index < -0.39 is 10.0 Å². The van der Waals surface area contributed by atoms with Gasteiger partial charge >= 0.3 is 5.97 Å². The summed E-state index contributed by atoms with van der Waals surface area (Å²) in [5, 5.41) is 21.8. The Morgan fingerprint density at radius 3 is 2.49 bits per heavy atom. The summed E-state index contributed by atoms with van der Waals surface area (Å²) in [6.07, 6.45) is 10.6. The highest BCUT2D eigenvalue weighted by molar-refractivity contribution is 9.10. The van der Waals surface area contributed by atoms with E-state index in [-0.39, 0.29) is 35.0 Å². The highest BCUT2D eigenvalue weighted by Crippen LogP contribution is 2.36. The van der Waals surface area contributed by atoms with Gasteiger partial charge in [0.05, 0.1) is 28.7 Å². The van der Waals surface area contributed by atoms with Gasteiger partial charge in [-0.15, -0.1) is 0 Å². The molecule has 2 aromatic carbocycles. The normalized spacial score (nSPS) is 18.9. The van der Waals surface area contributed by atoms with Crippen LogP contribution in [0.5, 0.6) is 5.75 Å². The summed E-state index contributed by atoms with van der Waals surface area (Å²) in [4.78, 5) is 11.7. The van der Waals surface area contributed by atoms with E-state index in [4.69, 9.17) is 0 Å². The Balaban J connectivity index is 0.000000854. The van der Waals surface area contributed by atoms with Crippen molar-refractivity contribution in [3.05, 3.63) is 76.4 Å². The monoisotopic (exact) mass is 701 g/mol. The molecular formula is C33H44BrN5O5S. The minimum atomic E-state index is -3.65. The van der Waals surface area contributed by atoms with Gasteiger partial charge in [0.2, 0.25) is 10.0 Å². The molecule has 0 radical (unpaired) electrons. The number of aryl methyl sites for hydroxylation is 1. The zero-order chi connectivity index (χ0) is 32.4. The smallest absolute Gasteiger partial charge is 0.305 e. The van der Waals surface area contributed by atoms with Crippen LogP contribution in [0.3, 0.4) is 0 Å². The van der Waals surface area contributed by atoms with Crippen molar-refractivity contribution in [1.82, 2.24) is 19.4 Å². The lowest BCUT2D eigenvalue weighted by molar-refractivity contribution is -0.140. The molecule has 2 atom stereocenters.